The van der Waals surface area contributed by atoms with Gasteiger partial charge in [0.25, 0.3) is 0 Å². The van der Waals surface area contributed by atoms with Gasteiger partial charge in [0.05, 0.1) is 0 Å². The summed E-state index contributed by atoms with van der Waals surface area (Å²) in [5.41, 5.74) is 2.80. The van der Waals surface area contributed by atoms with Gasteiger partial charge in [-0.3, -0.25) is 0 Å². The molecule has 0 aliphatic rings. The Kier molecular flexibility index (Phi) is 4.89. The van der Waals surface area contributed by atoms with Crippen LogP contribution in [0.15, 0.2) is 54.1 Å². The summed E-state index contributed by atoms with van der Waals surface area (Å²) < 4.78 is 0. The normalized spacial score (nSPS) is 12.7. The summed E-state index contributed by atoms with van der Waals surface area (Å²) in [6, 6.07) is 10.5. The van der Waals surface area contributed by atoms with Crippen molar-refractivity contribution < 1.29 is 0 Å². The van der Waals surface area contributed by atoms with Crippen LogP contribution in [0.2, 0.25) is 0 Å². The quantitative estimate of drug-likeness (QED) is 0.632. The predicted molar refractivity (Wildman–Crippen MR) is 67.9 cm³/mol. The molecule has 0 aliphatic heterocycles. The fourth-order valence-electron chi connectivity index (χ4n) is 1.23. The van der Waals surface area contributed by atoms with E-state index < -0.39 is 0 Å². The van der Waals surface area contributed by atoms with Crippen molar-refractivity contribution in [3.8, 4) is 0 Å². The highest BCUT2D eigenvalue weighted by molar-refractivity contribution is 5.19. The summed E-state index contributed by atoms with van der Waals surface area (Å²) in [7, 11) is 0. The van der Waals surface area contributed by atoms with Gasteiger partial charge >= 0.3 is 0 Å². The van der Waals surface area contributed by atoms with Gasteiger partial charge in [-0.25, -0.2) is 0 Å². The van der Waals surface area contributed by atoms with Gasteiger partial charge in [-0.05, 0) is 24.8 Å². The maximum absolute atomic E-state index is 2.22. The Hall–Kier alpha value is -1.30. The van der Waals surface area contributed by atoms with Crippen LogP contribution < -0.4 is 0 Å². The third-order valence-corrected chi connectivity index (χ3v) is 2.60. The Bertz CT molecular complexity index is 328. The van der Waals surface area contributed by atoms with Crippen LogP contribution in [0, 0.1) is 5.92 Å². The largest absolute Gasteiger partial charge is 0.0801 e. The van der Waals surface area contributed by atoms with Crippen LogP contribution in [-0.2, 0) is 6.42 Å². The molecule has 0 amide bonds. The van der Waals surface area contributed by atoms with Crippen LogP contribution in [-0.4, -0.2) is 0 Å². The molecule has 80 valence electrons. The zero-order valence-electron chi connectivity index (χ0n) is 9.90. The van der Waals surface area contributed by atoms with Crippen molar-refractivity contribution >= 4 is 0 Å². The lowest BCUT2D eigenvalue weighted by molar-refractivity contribution is 0.769. The fraction of sp³-hybridized carbons (Fsp3) is 0.333. The van der Waals surface area contributed by atoms with Crippen LogP contribution in [0.1, 0.15) is 26.3 Å². The molecular weight excluding hydrogens is 180 g/mol. The van der Waals surface area contributed by atoms with E-state index in [-0.39, 0.29) is 0 Å². The average Bonchev–Trinajstić information content (AvgIpc) is 2.25. The van der Waals surface area contributed by atoms with E-state index in [0.29, 0.717) is 5.92 Å². The average molecular weight is 200 g/mol. The van der Waals surface area contributed by atoms with Crippen LogP contribution in [0.3, 0.4) is 0 Å². The third kappa shape index (κ3) is 4.64. The smallest absolute Gasteiger partial charge is 0.00943 e. The second-order valence-corrected chi connectivity index (χ2v) is 4.18. The molecule has 1 aromatic carbocycles. The molecule has 0 heterocycles. The second-order valence-electron chi connectivity index (χ2n) is 4.18. The topological polar surface area (TPSA) is 0 Å². The highest BCUT2D eigenvalue weighted by Gasteiger charge is 1.92. The summed E-state index contributed by atoms with van der Waals surface area (Å²) in [6.45, 7) is 6.62. The first kappa shape index (κ1) is 11.8. The minimum Gasteiger partial charge on any atom is -0.0801 e. The number of rotatable bonds is 4. The highest BCUT2D eigenvalue weighted by atomic mass is 14.0. The van der Waals surface area contributed by atoms with Crippen molar-refractivity contribution in [1.29, 1.82) is 0 Å². The van der Waals surface area contributed by atoms with E-state index in [1.807, 2.05) is 0 Å². The zero-order valence-corrected chi connectivity index (χ0v) is 9.90. The van der Waals surface area contributed by atoms with Crippen molar-refractivity contribution in [1.82, 2.24) is 0 Å². The molecule has 0 saturated carbocycles. The first-order valence-electron chi connectivity index (χ1n) is 5.57. The number of benzene rings is 1. The van der Waals surface area contributed by atoms with Gasteiger partial charge in [0.1, 0.15) is 0 Å². The molecule has 0 aliphatic carbocycles. The van der Waals surface area contributed by atoms with E-state index in [1.165, 1.54) is 11.1 Å². The van der Waals surface area contributed by atoms with Gasteiger partial charge in [-0.15, -0.1) is 0 Å². The lowest BCUT2D eigenvalue weighted by atomic mass is 10.0. The van der Waals surface area contributed by atoms with Crippen LogP contribution in [0.5, 0.6) is 0 Å². The van der Waals surface area contributed by atoms with Crippen molar-refractivity contribution in [3.05, 3.63) is 59.7 Å². The zero-order chi connectivity index (χ0) is 11.1. The minimum absolute atomic E-state index is 0.645. The van der Waals surface area contributed by atoms with E-state index >= 15 is 0 Å². The summed E-state index contributed by atoms with van der Waals surface area (Å²) >= 11 is 0. The number of hydrogen-bond acceptors (Lipinski definition) is 0. The molecule has 0 unspecified atom stereocenters. The summed E-state index contributed by atoms with van der Waals surface area (Å²) in [5.74, 6) is 0.645. The molecule has 0 bridgehead atoms. The Morgan fingerprint density at radius 3 is 2.47 bits per heavy atom. The summed E-state index contributed by atoms with van der Waals surface area (Å²) in [4.78, 5) is 0. The molecule has 0 heteroatoms. The van der Waals surface area contributed by atoms with Gasteiger partial charge in [-0.1, -0.05) is 68.0 Å². The fourth-order valence-corrected chi connectivity index (χ4v) is 1.23. The third-order valence-electron chi connectivity index (χ3n) is 2.60. The maximum Gasteiger partial charge on any atom is -0.00943 e. The van der Waals surface area contributed by atoms with Crippen molar-refractivity contribution in [2.75, 3.05) is 0 Å². The molecular formula is C15H20. The lowest BCUT2D eigenvalue weighted by Gasteiger charge is -2.01. The van der Waals surface area contributed by atoms with E-state index in [9.17, 15) is 0 Å². The van der Waals surface area contributed by atoms with Gasteiger partial charge in [0.15, 0.2) is 0 Å². The molecule has 0 radical (unpaired) electrons. The van der Waals surface area contributed by atoms with Crippen LogP contribution in [0.25, 0.3) is 0 Å². The van der Waals surface area contributed by atoms with Gasteiger partial charge in [0, 0.05) is 0 Å². The van der Waals surface area contributed by atoms with Crippen LogP contribution >= 0.6 is 0 Å². The van der Waals surface area contributed by atoms with E-state index in [1.54, 1.807) is 0 Å². The van der Waals surface area contributed by atoms with Crippen molar-refractivity contribution in [3.63, 3.8) is 0 Å². The summed E-state index contributed by atoms with van der Waals surface area (Å²) in [6.07, 6.45) is 7.58. The predicted octanol–water partition coefficient (Wildman–Crippen LogP) is 4.39. The molecule has 0 aromatic heterocycles. The SMILES string of the molecule is C/C(=C/C=C/Cc1ccccc1)C(C)C. The molecule has 0 saturated heterocycles. The molecule has 0 spiro atoms. The van der Waals surface area contributed by atoms with E-state index in [2.05, 4.69) is 69.3 Å². The van der Waals surface area contributed by atoms with Crippen molar-refractivity contribution in [2.24, 2.45) is 5.92 Å². The summed E-state index contributed by atoms with van der Waals surface area (Å²) in [5, 5.41) is 0. The molecule has 0 nitrogen and oxygen atoms in total. The molecule has 15 heavy (non-hydrogen) atoms. The highest BCUT2D eigenvalue weighted by Crippen LogP contribution is 2.07. The molecule has 0 fully saturated rings. The molecule has 1 aromatic rings. The van der Waals surface area contributed by atoms with Gasteiger partial charge in [-0.2, -0.15) is 0 Å². The Morgan fingerprint density at radius 2 is 1.87 bits per heavy atom. The van der Waals surface area contributed by atoms with Crippen LogP contribution in [0.4, 0.5) is 0 Å². The van der Waals surface area contributed by atoms with Crippen molar-refractivity contribution in [2.45, 2.75) is 27.2 Å². The van der Waals surface area contributed by atoms with Gasteiger partial charge < -0.3 is 0 Å². The molecule has 0 atom stereocenters. The maximum atomic E-state index is 2.22. The number of allylic oxidation sites excluding steroid dienone is 4. The Balaban J connectivity index is 2.44. The standard InChI is InChI=1S/C15H20/c1-13(2)14(3)9-7-8-12-15-10-5-4-6-11-15/h4-11,13H,12H2,1-3H3/b8-7+,14-9-. The Morgan fingerprint density at radius 1 is 1.20 bits per heavy atom. The van der Waals surface area contributed by atoms with E-state index in [0.717, 1.165) is 6.42 Å². The van der Waals surface area contributed by atoms with E-state index in [4.69, 9.17) is 0 Å². The molecule has 0 N–H and O–H groups in total. The number of hydrogen-bond donors (Lipinski definition) is 0. The first-order valence-corrected chi connectivity index (χ1v) is 5.57. The lowest BCUT2D eigenvalue weighted by Crippen LogP contribution is -1.86. The van der Waals surface area contributed by atoms with Gasteiger partial charge in [0.2, 0.25) is 0 Å². The second kappa shape index (κ2) is 6.23. The minimum atomic E-state index is 0.645. The molecule has 1 rings (SSSR count). The first-order chi connectivity index (χ1) is 7.20. The monoisotopic (exact) mass is 200 g/mol. The Labute approximate surface area is 93.3 Å².